The summed E-state index contributed by atoms with van der Waals surface area (Å²) in [5.74, 6) is 1.55. The average molecular weight is 240 g/mol. The van der Waals surface area contributed by atoms with E-state index in [0.29, 0.717) is 5.88 Å². The fourth-order valence-corrected chi connectivity index (χ4v) is 2.25. The molecule has 0 saturated carbocycles. The third-order valence-electron chi connectivity index (χ3n) is 3.21. The monoisotopic (exact) mass is 240 g/mol. The maximum absolute atomic E-state index is 5.93. The van der Waals surface area contributed by atoms with Gasteiger partial charge >= 0.3 is 0 Å². The summed E-state index contributed by atoms with van der Waals surface area (Å²) in [6.07, 6.45) is 4.05. The molecule has 18 heavy (non-hydrogen) atoms. The molecule has 0 atom stereocenters. The van der Waals surface area contributed by atoms with Crippen molar-refractivity contribution in [2.45, 2.75) is 19.8 Å². The van der Waals surface area contributed by atoms with Gasteiger partial charge in [0, 0.05) is 18.3 Å². The van der Waals surface area contributed by atoms with Gasteiger partial charge in [0.25, 0.3) is 0 Å². The SMILES string of the molecule is Cc1cccnc1Oc1cccc2c1NCCC2. The topological polar surface area (TPSA) is 34.1 Å². The van der Waals surface area contributed by atoms with E-state index in [4.69, 9.17) is 4.74 Å². The first-order valence-electron chi connectivity index (χ1n) is 6.30. The van der Waals surface area contributed by atoms with Gasteiger partial charge in [0.2, 0.25) is 5.88 Å². The number of fused-ring (bicyclic) bond motifs is 1. The molecule has 0 bridgehead atoms. The highest BCUT2D eigenvalue weighted by atomic mass is 16.5. The predicted molar refractivity (Wildman–Crippen MR) is 72.3 cm³/mol. The van der Waals surface area contributed by atoms with Crippen LogP contribution in [-0.4, -0.2) is 11.5 Å². The van der Waals surface area contributed by atoms with Gasteiger partial charge in [0.15, 0.2) is 5.75 Å². The van der Waals surface area contributed by atoms with Gasteiger partial charge in [-0.2, -0.15) is 0 Å². The number of hydrogen-bond donors (Lipinski definition) is 1. The largest absolute Gasteiger partial charge is 0.437 e. The molecule has 0 fully saturated rings. The maximum Gasteiger partial charge on any atom is 0.222 e. The highest BCUT2D eigenvalue weighted by Crippen LogP contribution is 2.35. The summed E-state index contributed by atoms with van der Waals surface area (Å²) in [4.78, 5) is 4.27. The second-order valence-electron chi connectivity index (χ2n) is 4.55. The Hall–Kier alpha value is -2.03. The highest BCUT2D eigenvalue weighted by molar-refractivity contribution is 5.64. The molecule has 0 amide bonds. The number of ether oxygens (including phenoxy) is 1. The van der Waals surface area contributed by atoms with E-state index in [9.17, 15) is 0 Å². The summed E-state index contributed by atoms with van der Waals surface area (Å²) in [7, 11) is 0. The molecule has 1 aliphatic heterocycles. The van der Waals surface area contributed by atoms with Crippen molar-refractivity contribution in [3.05, 3.63) is 47.7 Å². The van der Waals surface area contributed by atoms with E-state index >= 15 is 0 Å². The molecule has 92 valence electrons. The molecule has 3 nitrogen and oxygen atoms in total. The van der Waals surface area contributed by atoms with Crippen LogP contribution < -0.4 is 10.1 Å². The first kappa shape index (κ1) is 11.1. The number of hydrogen-bond acceptors (Lipinski definition) is 3. The molecule has 1 aliphatic rings. The first-order valence-corrected chi connectivity index (χ1v) is 6.30. The normalized spacial score (nSPS) is 13.6. The fourth-order valence-electron chi connectivity index (χ4n) is 2.25. The smallest absolute Gasteiger partial charge is 0.222 e. The Balaban J connectivity index is 1.96. The summed E-state index contributed by atoms with van der Waals surface area (Å²) in [6, 6.07) is 10.1. The Morgan fingerprint density at radius 1 is 1.22 bits per heavy atom. The number of para-hydroxylation sites is 1. The Kier molecular flexibility index (Phi) is 2.89. The Bertz CT molecular complexity index is 566. The molecule has 1 aromatic carbocycles. The number of nitrogens with one attached hydrogen (secondary N) is 1. The standard InChI is InChI=1S/C15H16N2O/c1-11-5-3-10-17-15(11)18-13-8-2-6-12-7-4-9-16-14(12)13/h2-3,5-6,8,10,16H,4,7,9H2,1H3. The molecular formula is C15H16N2O. The first-order chi connectivity index (χ1) is 8.84. The molecule has 2 aromatic rings. The van der Waals surface area contributed by atoms with E-state index in [1.807, 2.05) is 31.2 Å². The molecule has 1 aromatic heterocycles. The molecule has 0 radical (unpaired) electrons. The van der Waals surface area contributed by atoms with Crippen LogP contribution in [-0.2, 0) is 6.42 Å². The minimum atomic E-state index is 0.679. The number of pyridine rings is 1. The third-order valence-corrected chi connectivity index (χ3v) is 3.21. The zero-order valence-electron chi connectivity index (χ0n) is 10.4. The van der Waals surface area contributed by atoms with Gasteiger partial charge in [0.1, 0.15) is 0 Å². The summed E-state index contributed by atoms with van der Waals surface area (Å²) in [5.41, 5.74) is 3.49. The van der Waals surface area contributed by atoms with Crippen molar-refractivity contribution in [3.63, 3.8) is 0 Å². The van der Waals surface area contributed by atoms with Crippen LogP contribution in [0.1, 0.15) is 17.5 Å². The Morgan fingerprint density at radius 2 is 2.17 bits per heavy atom. The zero-order valence-corrected chi connectivity index (χ0v) is 10.4. The van der Waals surface area contributed by atoms with Gasteiger partial charge in [0.05, 0.1) is 5.69 Å². The number of benzene rings is 1. The number of anilines is 1. The summed E-state index contributed by atoms with van der Waals surface area (Å²) in [6.45, 7) is 3.01. The fraction of sp³-hybridized carbons (Fsp3) is 0.267. The van der Waals surface area contributed by atoms with Crippen LogP contribution in [0.25, 0.3) is 0 Å². The Morgan fingerprint density at radius 3 is 3.06 bits per heavy atom. The van der Waals surface area contributed by atoms with Gasteiger partial charge in [-0.25, -0.2) is 4.98 Å². The number of aromatic nitrogens is 1. The molecule has 3 rings (SSSR count). The van der Waals surface area contributed by atoms with Crippen molar-refractivity contribution < 1.29 is 4.74 Å². The lowest BCUT2D eigenvalue weighted by atomic mass is 10.0. The van der Waals surface area contributed by atoms with E-state index in [-0.39, 0.29) is 0 Å². The quantitative estimate of drug-likeness (QED) is 0.871. The maximum atomic E-state index is 5.93. The predicted octanol–water partition coefficient (Wildman–Crippen LogP) is 3.54. The minimum absolute atomic E-state index is 0.679. The molecule has 0 saturated heterocycles. The molecular weight excluding hydrogens is 224 g/mol. The number of nitrogens with zero attached hydrogens (tertiary/aromatic N) is 1. The van der Waals surface area contributed by atoms with Crippen LogP contribution >= 0.6 is 0 Å². The lowest BCUT2D eigenvalue weighted by Crippen LogP contribution is -2.12. The average Bonchev–Trinajstić information content (AvgIpc) is 2.42. The summed E-state index contributed by atoms with van der Waals surface area (Å²) in [5, 5.41) is 3.42. The van der Waals surface area contributed by atoms with E-state index in [1.165, 1.54) is 12.0 Å². The molecule has 0 spiro atoms. The van der Waals surface area contributed by atoms with Gasteiger partial charge in [-0.15, -0.1) is 0 Å². The molecule has 0 unspecified atom stereocenters. The van der Waals surface area contributed by atoms with Crippen LogP contribution in [0.15, 0.2) is 36.5 Å². The minimum Gasteiger partial charge on any atom is -0.437 e. The van der Waals surface area contributed by atoms with E-state index in [2.05, 4.69) is 16.4 Å². The van der Waals surface area contributed by atoms with Crippen molar-refractivity contribution in [3.8, 4) is 11.6 Å². The van der Waals surface area contributed by atoms with Gasteiger partial charge in [-0.3, -0.25) is 0 Å². The van der Waals surface area contributed by atoms with Crippen LogP contribution in [0.2, 0.25) is 0 Å². The lowest BCUT2D eigenvalue weighted by Gasteiger charge is -2.21. The molecule has 0 aliphatic carbocycles. The number of aryl methyl sites for hydroxylation is 2. The van der Waals surface area contributed by atoms with Gasteiger partial charge in [-0.05, 0) is 37.5 Å². The van der Waals surface area contributed by atoms with Gasteiger partial charge in [-0.1, -0.05) is 18.2 Å². The van der Waals surface area contributed by atoms with Crippen LogP contribution in [0, 0.1) is 6.92 Å². The zero-order chi connectivity index (χ0) is 12.4. The van der Waals surface area contributed by atoms with Crippen LogP contribution in [0.4, 0.5) is 5.69 Å². The molecule has 1 N–H and O–H groups in total. The van der Waals surface area contributed by atoms with Crippen molar-refractivity contribution in [2.24, 2.45) is 0 Å². The van der Waals surface area contributed by atoms with Crippen molar-refractivity contribution in [2.75, 3.05) is 11.9 Å². The van der Waals surface area contributed by atoms with Crippen molar-refractivity contribution >= 4 is 5.69 Å². The van der Waals surface area contributed by atoms with Crippen molar-refractivity contribution in [1.29, 1.82) is 0 Å². The number of rotatable bonds is 2. The Labute approximate surface area is 107 Å². The third kappa shape index (κ3) is 2.04. The highest BCUT2D eigenvalue weighted by Gasteiger charge is 2.14. The second kappa shape index (κ2) is 4.69. The second-order valence-corrected chi connectivity index (χ2v) is 4.55. The summed E-state index contributed by atoms with van der Waals surface area (Å²) < 4.78 is 5.93. The van der Waals surface area contributed by atoms with E-state index in [0.717, 1.165) is 30.0 Å². The van der Waals surface area contributed by atoms with E-state index < -0.39 is 0 Å². The summed E-state index contributed by atoms with van der Waals surface area (Å²) >= 11 is 0. The van der Waals surface area contributed by atoms with Gasteiger partial charge < -0.3 is 10.1 Å². The lowest BCUT2D eigenvalue weighted by molar-refractivity contribution is 0.459. The van der Waals surface area contributed by atoms with Crippen LogP contribution in [0.5, 0.6) is 11.6 Å². The van der Waals surface area contributed by atoms with E-state index in [1.54, 1.807) is 6.20 Å². The van der Waals surface area contributed by atoms with Crippen LogP contribution in [0.3, 0.4) is 0 Å². The molecule has 3 heteroatoms. The molecule has 2 heterocycles. The van der Waals surface area contributed by atoms with Crippen molar-refractivity contribution in [1.82, 2.24) is 4.98 Å².